The molecule has 1 N–H and O–H groups in total. The van der Waals surface area contributed by atoms with Crippen LogP contribution in [0.1, 0.15) is 41.0 Å². The number of amides is 1. The van der Waals surface area contributed by atoms with Gasteiger partial charge in [0.05, 0.1) is 18.8 Å². The third kappa shape index (κ3) is 7.41. The Hall–Kier alpha value is -3.63. The number of anilines is 2. The summed E-state index contributed by atoms with van der Waals surface area (Å²) in [5.41, 5.74) is -3.08. The Kier molecular flexibility index (Phi) is 9.64. The van der Waals surface area contributed by atoms with E-state index < -0.39 is 63.7 Å². The molecule has 2 atom stereocenters. The largest absolute Gasteiger partial charge is 0.486 e. The van der Waals surface area contributed by atoms with Crippen LogP contribution >= 0.6 is 0 Å². The van der Waals surface area contributed by atoms with Gasteiger partial charge >= 0.3 is 12.3 Å². The fourth-order valence-corrected chi connectivity index (χ4v) is 5.46. The Morgan fingerprint density at radius 2 is 1.90 bits per heavy atom. The monoisotopic (exact) mass is 626 g/mol. The number of aromatic nitrogens is 2. The summed E-state index contributed by atoms with van der Waals surface area (Å²) in [7, 11) is -4.60. The predicted octanol–water partition coefficient (Wildman–Crippen LogP) is 5.01. The molecule has 3 rings (SSSR count). The molecule has 0 aliphatic carbocycles. The number of carbonyl (C=O) groups excluding carboxylic acids is 2. The molecule has 1 aromatic carbocycles. The number of rotatable bonds is 11. The van der Waals surface area contributed by atoms with Crippen LogP contribution in [0.15, 0.2) is 29.3 Å². The molecular weight excluding hydrogens is 595 g/mol. The molecule has 11 nitrogen and oxygen atoms in total. The topological polar surface area (TPSA) is 129 Å². The molecule has 0 bridgehead atoms. The lowest BCUT2D eigenvalue weighted by atomic mass is 9.99. The number of sulfonamides is 1. The summed E-state index contributed by atoms with van der Waals surface area (Å²) >= 11 is 0. The minimum Gasteiger partial charge on any atom is -0.486 e. The Bertz CT molecular complexity index is 1410. The summed E-state index contributed by atoms with van der Waals surface area (Å²) in [6.07, 6.45) is -8.96. The van der Waals surface area contributed by atoms with E-state index in [0.717, 1.165) is 21.3 Å². The summed E-state index contributed by atoms with van der Waals surface area (Å²) in [6.45, 7) is 4.61. The van der Waals surface area contributed by atoms with Crippen LogP contribution < -0.4 is 19.1 Å². The molecule has 42 heavy (non-hydrogen) atoms. The quantitative estimate of drug-likeness (QED) is 0.345. The van der Waals surface area contributed by atoms with Crippen molar-refractivity contribution in [2.45, 2.75) is 76.8 Å². The Morgan fingerprint density at radius 1 is 1.24 bits per heavy atom. The molecule has 2 unspecified atom stereocenters. The highest BCUT2D eigenvalue weighted by atomic mass is 32.2. The fraction of sp³-hybridized carbons (Fsp3) is 0.560. The number of halogens is 5. The molecule has 1 aromatic heterocycles. The number of ketones is 1. The van der Waals surface area contributed by atoms with Gasteiger partial charge in [0.15, 0.2) is 4.90 Å². The SMILES string of the molecule is CCOc1nn(CC(F)F)cc1S(=O)(=O)N1CC(CC(C)C(C)=O)Oc2ccc(NC(=O)OC(C)(C)C(F)(F)F)cc21. The maximum Gasteiger partial charge on any atom is 0.427 e. The van der Waals surface area contributed by atoms with E-state index in [1.165, 1.54) is 19.1 Å². The second-order valence-electron chi connectivity index (χ2n) is 10.1. The second-order valence-corrected chi connectivity index (χ2v) is 11.9. The average molecular weight is 627 g/mol. The van der Waals surface area contributed by atoms with Gasteiger partial charge in [-0.3, -0.25) is 19.1 Å². The zero-order valence-electron chi connectivity index (χ0n) is 23.4. The average Bonchev–Trinajstić information content (AvgIpc) is 3.25. The summed E-state index contributed by atoms with van der Waals surface area (Å²) in [4.78, 5) is 23.6. The van der Waals surface area contributed by atoms with E-state index in [1.807, 2.05) is 0 Å². The first kappa shape index (κ1) is 32.9. The molecule has 1 aliphatic heterocycles. The number of hydrogen-bond acceptors (Lipinski definition) is 8. The zero-order chi connectivity index (χ0) is 31.6. The molecule has 1 amide bonds. The Labute approximate surface area is 238 Å². The first-order valence-electron chi connectivity index (χ1n) is 12.7. The van der Waals surface area contributed by atoms with Crippen LogP contribution in [-0.2, 0) is 26.1 Å². The number of Topliss-reactive ketones (excluding diaryl/α,β-unsaturated/α-hetero) is 1. The van der Waals surface area contributed by atoms with Gasteiger partial charge in [-0.15, -0.1) is 5.10 Å². The predicted molar refractivity (Wildman–Crippen MR) is 139 cm³/mol. The maximum absolute atomic E-state index is 14.0. The van der Waals surface area contributed by atoms with Gasteiger partial charge in [0.1, 0.15) is 24.2 Å². The molecular formula is C25H31F5N4O7S. The van der Waals surface area contributed by atoms with E-state index >= 15 is 0 Å². The van der Waals surface area contributed by atoms with Crippen molar-refractivity contribution in [1.29, 1.82) is 0 Å². The molecule has 2 heterocycles. The van der Waals surface area contributed by atoms with Crippen LogP contribution in [0.4, 0.5) is 38.1 Å². The van der Waals surface area contributed by atoms with Crippen molar-refractivity contribution in [2.75, 3.05) is 22.8 Å². The Morgan fingerprint density at radius 3 is 2.48 bits per heavy atom. The number of nitrogens with zero attached hydrogens (tertiary/aromatic N) is 3. The third-order valence-electron chi connectivity index (χ3n) is 6.35. The fourth-order valence-electron chi connectivity index (χ4n) is 3.89. The van der Waals surface area contributed by atoms with Crippen LogP contribution in [-0.4, -0.2) is 67.5 Å². The molecule has 0 fully saturated rings. The van der Waals surface area contributed by atoms with Crippen molar-refractivity contribution in [1.82, 2.24) is 9.78 Å². The van der Waals surface area contributed by atoms with E-state index in [9.17, 15) is 40.0 Å². The first-order valence-corrected chi connectivity index (χ1v) is 14.2. The van der Waals surface area contributed by atoms with Crippen LogP contribution in [0, 0.1) is 5.92 Å². The summed E-state index contributed by atoms with van der Waals surface area (Å²) in [5, 5.41) is 5.97. The van der Waals surface area contributed by atoms with Gasteiger partial charge in [-0.25, -0.2) is 22.0 Å². The van der Waals surface area contributed by atoms with Crippen molar-refractivity contribution in [3.05, 3.63) is 24.4 Å². The van der Waals surface area contributed by atoms with Gasteiger partial charge in [0.25, 0.3) is 22.3 Å². The normalized spacial score (nSPS) is 16.5. The molecule has 2 aromatic rings. The molecule has 17 heteroatoms. The van der Waals surface area contributed by atoms with Gasteiger partial charge in [0.2, 0.25) is 5.60 Å². The van der Waals surface area contributed by atoms with Crippen LogP contribution in [0.5, 0.6) is 11.6 Å². The Balaban J connectivity index is 2.05. The van der Waals surface area contributed by atoms with Gasteiger partial charge in [-0.2, -0.15) is 13.2 Å². The smallest absolute Gasteiger partial charge is 0.427 e. The maximum atomic E-state index is 14.0. The number of hydrogen-bond donors (Lipinski definition) is 1. The number of benzene rings is 1. The van der Waals surface area contributed by atoms with Crippen LogP contribution in [0.3, 0.4) is 0 Å². The molecule has 234 valence electrons. The minimum absolute atomic E-state index is 0.0121. The van der Waals surface area contributed by atoms with Crippen molar-refractivity contribution in [3.8, 4) is 11.6 Å². The van der Waals surface area contributed by atoms with Crippen molar-refractivity contribution >= 4 is 33.3 Å². The van der Waals surface area contributed by atoms with E-state index in [2.05, 4.69) is 15.2 Å². The lowest BCUT2D eigenvalue weighted by molar-refractivity contribution is -0.242. The number of alkyl halides is 5. The number of carbonyl (C=O) groups is 2. The van der Waals surface area contributed by atoms with Crippen molar-refractivity contribution in [3.63, 3.8) is 0 Å². The van der Waals surface area contributed by atoms with E-state index in [1.54, 1.807) is 13.8 Å². The lowest BCUT2D eigenvalue weighted by Gasteiger charge is -2.36. The van der Waals surface area contributed by atoms with E-state index in [4.69, 9.17) is 9.47 Å². The summed E-state index contributed by atoms with van der Waals surface area (Å²) in [5.74, 6) is -1.07. The minimum atomic E-state index is -4.86. The highest BCUT2D eigenvalue weighted by Crippen LogP contribution is 2.41. The summed E-state index contributed by atoms with van der Waals surface area (Å²) in [6, 6.07) is 3.69. The van der Waals surface area contributed by atoms with Crippen LogP contribution in [0.25, 0.3) is 0 Å². The lowest BCUT2D eigenvalue weighted by Crippen LogP contribution is -2.45. The van der Waals surface area contributed by atoms with Crippen molar-refractivity contribution in [2.24, 2.45) is 5.92 Å². The standard InChI is InChI=1S/C25H31F5N4O7S/c1-6-39-22-20(12-33(32-22)13-21(26)27)42(37,38)34-11-17(9-14(2)15(3)35)40-19-8-7-16(10-18(19)34)31-23(36)41-24(4,5)25(28,29)30/h7-8,10,12,14,17,21H,6,9,11,13H2,1-5H3,(H,31,36). The van der Waals surface area contributed by atoms with Gasteiger partial charge < -0.3 is 14.2 Å². The second kappa shape index (κ2) is 12.3. The van der Waals surface area contributed by atoms with Crippen molar-refractivity contribution < 1.29 is 54.2 Å². The molecule has 0 saturated carbocycles. The van der Waals surface area contributed by atoms with Gasteiger partial charge in [0, 0.05) is 17.8 Å². The highest BCUT2D eigenvalue weighted by molar-refractivity contribution is 7.93. The van der Waals surface area contributed by atoms with E-state index in [-0.39, 0.29) is 42.5 Å². The highest BCUT2D eigenvalue weighted by Gasteiger charge is 2.51. The molecule has 1 aliphatic rings. The first-order chi connectivity index (χ1) is 19.4. The van der Waals surface area contributed by atoms with Gasteiger partial charge in [-0.05, 0) is 52.3 Å². The number of nitrogens with one attached hydrogen (secondary N) is 1. The zero-order valence-corrected chi connectivity index (χ0v) is 24.2. The van der Waals surface area contributed by atoms with E-state index in [0.29, 0.717) is 13.8 Å². The van der Waals surface area contributed by atoms with Crippen LogP contribution in [0.2, 0.25) is 0 Å². The van der Waals surface area contributed by atoms with Gasteiger partial charge in [-0.1, -0.05) is 6.92 Å². The number of fused-ring (bicyclic) bond motifs is 1. The molecule has 0 spiro atoms. The number of ether oxygens (including phenoxy) is 3. The molecule has 0 radical (unpaired) electrons. The third-order valence-corrected chi connectivity index (χ3v) is 8.11. The molecule has 0 saturated heterocycles. The summed E-state index contributed by atoms with van der Waals surface area (Å²) < 4.78 is 111.